The van der Waals surface area contributed by atoms with Crippen LogP contribution in [-0.4, -0.2) is 34.7 Å². The SMILES string of the molecule is O=C1CCCCC(=O)OC2(CCCCN2O)O1. The lowest BCUT2D eigenvalue weighted by molar-refractivity contribution is -0.376. The minimum atomic E-state index is -1.59. The van der Waals surface area contributed by atoms with Crippen LogP contribution < -0.4 is 0 Å². The van der Waals surface area contributed by atoms with Crippen molar-refractivity contribution in [2.45, 2.75) is 50.9 Å². The van der Waals surface area contributed by atoms with Gasteiger partial charge in [0.15, 0.2) is 0 Å². The van der Waals surface area contributed by atoms with Crippen LogP contribution in [0.1, 0.15) is 44.9 Å². The minimum absolute atomic E-state index is 0.256. The molecule has 96 valence electrons. The molecule has 6 heteroatoms. The van der Waals surface area contributed by atoms with Crippen LogP contribution in [-0.2, 0) is 19.1 Å². The third-order valence-electron chi connectivity index (χ3n) is 3.06. The van der Waals surface area contributed by atoms with E-state index in [4.69, 9.17) is 9.47 Å². The lowest BCUT2D eigenvalue weighted by atomic mass is 10.1. The van der Waals surface area contributed by atoms with Crippen molar-refractivity contribution >= 4 is 11.9 Å². The zero-order valence-corrected chi connectivity index (χ0v) is 9.68. The smallest absolute Gasteiger partial charge is 0.342 e. The van der Waals surface area contributed by atoms with Gasteiger partial charge in [-0.05, 0) is 25.7 Å². The first kappa shape index (κ1) is 12.3. The monoisotopic (exact) mass is 243 g/mol. The van der Waals surface area contributed by atoms with Gasteiger partial charge in [0.25, 0.3) is 0 Å². The van der Waals surface area contributed by atoms with Crippen molar-refractivity contribution in [3.63, 3.8) is 0 Å². The fourth-order valence-electron chi connectivity index (χ4n) is 2.13. The van der Waals surface area contributed by atoms with Crippen LogP contribution in [0.3, 0.4) is 0 Å². The average Bonchev–Trinajstić information content (AvgIpc) is 2.34. The van der Waals surface area contributed by atoms with Gasteiger partial charge in [0, 0.05) is 25.8 Å². The Balaban J connectivity index is 2.19. The third kappa shape index (κ3) is 2.76. The number of hydrogen-bond donors (Lipinski definition) is 1. The Kier molecular flexibility index (Phi) is 3.63. The van der Waals surface area contributed by atoms with E-state index in [1.165, 1.54) is 0 Å². The number of carbonyl (C=O) groups excluding carboxylic acids is 2. The normalized spacial score (nSPS) is 26.6. The molecule has 6 nitrogen and oxygen atoms in total. The highest BCUT2D eigenvalue weighted by Gasteiger charge is 2.46. The second kappa shape index (κ2) is 5.01. The van der Waals surface area contributed by atoms with E-state index in [-0.39, 0.29) is 12.8 Å². The molecular weight excluding hydrogens is 226 g/mol. The number of nitrogens with zero attached hydrogens (tertiary/aromatic N) is 1. The molecule has 0 atom stereocenters. The number of carbonyl (C=O) groups is 2. The molecule has 1 spiro atoms. The highest BCUT2D eigenvalue weighted by molar-refractivity contribution is 5.73. The van der Waals surface area contributed by atoms with E-state index in [1.807, 2.05) is 0 Å². The summed E-state index contributed by atoms with van der Waals surface area (Å²) >= 11 is 0. The van der Waals surface area contributed by atoms with E-state index in [9.17, 15) is 14.8 Å². The summed E-state index contributed by atoms with van der Waals surface area (Å²) in [5.41, 5.74) is 0. The molecule has 2 fully saturated rings. The van der Waals surface area contributed by atoms with Gasteiger partial charge in [0.05, 0.1) is 0 Å². The zero-order valence-electron chi connectivity index (χ0n) is 9.68. The maximum absolute atomic E-state index is 11.6. The Labute approximate surface area is 99.4 Å². The van der Waals surface area contributed by atoms with Gasteiger partial charge >= 0.3 is 17.8 Å². The topological polar surface area (TPSA) is 76.1 Å². The van der Waals surface area contributed by atoms with E-state index in [0.29, 0.717) is 25.8 Å². The van der Waals surface area contributed by atoms with Crippen molar-refractivity contribution in [1.82, 2.24) is 5.06 Å². The number of hydroxylamine groups is 2. The van der Waals surface area contributed by atoms with E-state index in [0.717, 1.165) is 17.9 Å². The summed E-state index contributed by atoms with van der Waals surface area (Å²) in [5, 5.41) is 10.6. The Morgan fingerprint density at radius 3 is 2.12 bits per heavy atom. The van der Waals surface area contributed by atoms with Crippen molar-refractivity contribution in [2.24, 2.45) is 0 Å². The predicted octanol–water partition coefficient (Wildman–Crippen LogP) is 1.18. The second-order valence-corrected chi connectivity index (χ2v) is 4.45. The summed E-state index contributed by atoms with van der Waals surface area (Å²) in [7, 11) is 0. The van der Waals surface area contributed by atoms with E-state index >= 15 is 0 Å². The molecule has 0 aromatic carbocycles. The van der Waals surface area contributed by atoms with Gasteiger partial charge < -0.3 is 14.7 Å². The first-order valence-corrected chi connectivity index (χ1v) is 6.03. The molecule has 0 aliphatic carbocycles. The lowest BCUT2D eigenvalue weighted by Crippen LogP contribution is -2.55. The molecule has 2 aliphatic heterocycles. The standard InChI is InChI=1S/C11H17NO5/c13-9-5-1-2-6-10(14)17-11(16-9)7-3-4-8-12(11)15/h15H,1-8H2. The summed E-state index contributed by atoms with van der Waals surface area (Å²) in [5.74, 6) is -2.45. The maximum atomic E-state index is 11.6. The Morgan fingerprint density at radius 2 is 1.59 bits per heavy atom. The van der Waals surface area contributed by atoms with Crippen molar-refractivity contribution in [2.75, 3.05) is 6.54 Å². The van der Waals surface area contributed by atoms with Crippen LogP contribution in [0.2, 0.25) is 0 Å². The van der Waals surface area contributed by atoms with Gasteiger partial charge in [-0.15, -0.1) is 5.06 Å². The largest absolute Gasteiger partial charge is 0.406 e. The lowest BCUT2D eigenvalue weighted by Gasteiger charge is -2.40. The molecule has 2 saturated heterocycles. The first-order chi connectivity index (χ1) is 8.12. The molecule has 0 bridgehead atoms. The molecule has 0 unspecified atom stereocenters. The van der Waals surface area contributed by atoms with Crippen LogP contribution in [0.5, 0.6) is 0 Å². The average molecular weight is 243 g/mol. The first-order valence-electron chi connectivity index (χ1n) is 6.03. The van der Waals surface area contributed by atoms with Gasteiger partial charge in [-0.3, -0.25) is 9.59 Å². The molecule has 2 rings (SSSR count). The van der Waals surface area contributed by atoms with Crippen LogP contribution >= 0.6 is 0 Å². The summed E-state index contributed by atoms with van der Waals surface area (Å²) in [6, 6.07) is 0. The fraction of sp³-hybridized carbons (Fsp3) is 0.818. The van der Waals surface area contributed by atoms with E-state index in [1.54, 1.807) is 0 Å². The molecule has 1 N–H and O–H groups in total. The molecule has 0 amide bonds. The van der Waals surface area contributed by atoms with Gasteiger partial charge in [0.1, 0.15) is 0 Å². The molecule has 17 heavy (non-hydrogen) atoms. The van der Waals surface area contributed by atoms with Gasteiger partial charge in [0.2, 0.25) is 0 Å². The van der Waals surface area contributed by atoms with Crippen molar-refractivity contribution < 1.29 is 24.3 Å². The fourth-order valence-corrected chi connectivity index (χ4v) is 2.13. The summed E-state index contributed by atoms with van der Waals surface area (Å²) in [6.07, 6.45) is 3.58. The van der Waals surface area contributed by atoms with Gasteiger partial charge in [-0.1, -0.05) is 0 Å². The van der Waals surface area contributed by atoms with Crippen LogP contribution in [0, 0.1) is 0 Å². The summed E-state index contributed by atoms with van der Waals surface area (Å²) < 4.78 is 10.4. The number of piperidine rings is 1. The molecule has 2 aliphatic rings. The quantitative estimate of drug-likeness (QED) is 0.644. The predicted molar refractivity (Wildman–Crippen MR) is 55.7 cm³/mol. The van der Waals surface area contributed by atoms with Crippen LogP contribution in [0.25, 0.3) is 0 Å². The minimum Gasteiger partial charge on any atom is -0.406 e. The number of rotatable bonds is 0. The molecular formula is C11H17NO5. The Bertz CT molecular complexity index is 297. The highest BCUT2D eigenvalue weighted by atomic mass is 16.8. The van der Waals surface area contributed by atoms with Crippen LogP contribution in [0.15, 0.2) is 0 Å². The van der Waals surface area contributed by atoms with E-state index in [2.05, 4.69) is 0 Å². The van der Waals surface area contributed by atoms with Crippen molar-refractivity contribution in [3.8, 4) is 0 Å². The third-order valence-corrected chi connectivity index (χ3v) is 3.06. The molecule has 0 aromatic rings. The molecule has 0 radical (unpaired) electrons. The number of hydrogen-bond acceptors (Lipinski definition) is 6. The molecule has 2 heterocycles. The van der Waals surface area contributed by atoms with Crippen molar-refractivity contribution in [1.29, 1.82) is 0 Å². The zero-order chi connectivity index (χ0) is 12.3. The molecule has 0 aromatic heterocycles. The van der Waals surface area contributed by atoms with Gasteiger partial charge in [-0.2, -0.15) is 0 Å². The highest BCUT2D eigenvalue weighted by Crippen LogP contribution is 2.31. The molecule has 0 saturated carbocycles. The number of ether oxygens (including phenoxy) is 2. The van der Waals surface area contributed by atoms with Crippen LogP contribution in [0.4, 0.5) is 0 Å². The summed E-state index contributed by atoms with van der Waals surface area (Å²) in [6.45, 7) is 0.334. The van der Waals surface area contributed by atoms with Crippen molar-refractivity contribution in [3.05, 3.63) is 0 Å². The second-order valence-electron chi connectivity index (χ2n) is 4.45. The van der Waals surface area contributed by atoms with E-state index < -0.39 is 17.8 Å². The Morgan fingerprint density at radius 1 is 1.00 bits per heavy atom. The summed E-state index contributed by atoms with van der Waals surface area (Å²) in [4.78, 5) is 23.1. The Hall–Kier alpha value is -1.14. The van der Waals surface area contributed by atoms with Gasteiger partial charge in [-0.25, -0.2) is 0 Å². The number of esters is 2. The maximum Gasteiger partial charge on any atom is 0.342 e.